The van der Waals surface area contributed by atoms with Gasteiger partial charge in [0.05, 0.1) is 59.9 Å². The van der Waals surface area contributed by atoms with E-state index in [-0.39, 0.29) is 12.7 Å². The number of pyridine rings is 1. The van der Waals surface area contributed by atoms with E-state index in [0.29, 0.717) is 38.0 Å². The quantitative estimate of drug-likeness (QED) is 0.398. The Morgan fingerprint density at radius 3 is 2.82 bits per heavy atom. The van der Waals surface area contributed by atoms with Crippen LogP contribution in [-0.2, 0) is 26.6 Å². The van der Waals surface area contributed by atoms with E-state index in [0.717, 1.165) is 57.8 Å². The summed E-state index contributed by atoms with van der Waals surface area (Å²) in [5.41, 5.74) is 6.14. The Kier molecular flexibility index (Phi) is 7.48. The largest absolute Gasteiger partial charge is 0.476 e. The lowest BCUT2D eigenvalue weighted by Crippen LogP contribution is -2.34. The van der Waals surface area contributed by atoms with Crippen LogP contribution >= 0.6 is 0 Å². The molecule has 0 aliphatic carbocycles. The van der Waals surface area contributed by atoms with E-state index < -0.39 is 0 Å². The first-order valence-corrected chi connectivity index (χ1v) is 13.3. The third-order valence-electron chi connectivity index (χ3n) is 6.86. The number of nitrogens with zero attached hydrogens (tertiary/aromatic N) is 7. The number of aryl methyl sites for hydroxylation is 2. The topological polar surface area (TPSA) is 119 Å². The van der Waals surface area contributed by atoms with E-state index in [9.17, 15) is 5.11 Å². The maximum absolute atomic E-state index is 9.75. The van der Waals surface area contributed by atoms with Crippen molar-refractivity contribution in [2.75, 3.05) is 26.3 Å². The fraction of sp³-hybridized carbons (Fsp3) is 0.481. The molecule has 38 heavy (non-hydrogen) atoms. The molecule has 1 unspecified atom stereocenters. The van der Waals surface area contributed by atoms with Crippen molar-refractivity contribution in [3.8, 4) is 23.0 Å². The van der Waals surface area contributed by atoms with Crippen LogP contribution in [0, 0.1) is 0 Å². The summed E-state index contributed by atoms with van der Waals surface area (Å²) in [6.45, 7) is 11.2. The average molecular weight is 521 g/mol. The van der Waals surface area contributed by atoms with Gasteiger partial charge in [-0.15, -0.1) is 5.10 Å². The molecule has 1 aliphatic heterocycles. The minimum absolute atomic E-state index is 0.0148. The molecule has 202 valence electrons. The van der Waals surface area contributed by atoms with Crippen molar-refractivity contribution in [2.45, 2.75) is 53.3 Å². The molecular formula is C27H36N8O3. The zero-order valence-electron chi connectivity index (χ0n) is 22.7. The molecule has 0 saturated carbocycles. The first kappa shape index (κ1) is 25.9. The molecule has 2 bridgehead atoms. The van der Waals surface area contributed by atoms with Gasteiger partial charge in [-0.25, -0.2) is 4.68 Å². The number of hydrogen-bond donors (Lipinski definition) is 2. The lowest BCUT2D eigenvalue weighted by atomic mass is 10.1. The summed E-state index contributed by atoms with van der Waals surface area (Å²) >= 11 is 0. The van der Waals surface area contributed by atoms with E-state index in [1.807, 2.05) is 43.1 Å². The Bertz CT molecular complexity index is 1450. The fourth-order valence-corrected chi connectivity index (χ4v) is 4.97. The van der Waals surface area contributed by atoms with Crippen LogP contribution in [0.3, 0.4) is 0 Å². The Morgan fingerprint density at radius 2 is 2.08 bits per heavy atom. The molecular weight excluding hydrogens is 484 g/mol. The van der Waals surface area contributed by atoms with Gasteiger partial charge in [-0.3, -0.25) is 19.7 Å². The monoisotopic (exact) mass is 520 g/mol. The summed E-state index contributed by atoms with van der Waals surface area (Å²) < 4.78 is 16.0. The van der Waals surface area contributed by atoms with Crippen molar-refractivity contribution in [2.24, 2.45) is 7.05 Å². The molecule has 0 spiro atoms. The standard InChI is InChI=1S/C27H36N8O3/c1-6-21-25-19-13-23(29-21)20-14-28-33(5)27(20)38-17(4)15-34(7-2)16-24-18(9-10-22(19)30-31-25)26(37-8-3)32-35(24)11-12-36/h9-10,13-14,17,36H,6-8,11-12,15-16H2,1-5H3,(H,30,31)/b10-9+. The van der Waals surface area contributed by atoms with Gasteiger partial charge in [-0.05, 0) is 45.0 Å². The molecule has 0 fully saturated rings. The molecule has 4 aromatic heterocycles. The van der Waals surface area contributed by atoms with E-state index in [1.165, 1.54) is 0 Å². The number of aliphatic hydroxyl groups is 1. The fourth-order valence-electron chi connectivity index (χ4n) is 4.97. The predicted molar refractivity (Wildman–Crippen MR) is 146 cm³/mol. The van der Waals surface area contributed by atoms with Gasteiger partial charge >= 0.3 is 0 Å². The number of aromatic amines is 1. The second-order valence-corrected chi connectivity index (χ2v) is 9.46. The van der Waals surface area contributed by atoms with Crippen molar-refractivity contribution < 1.29 is 14.6 Å². The number of aromatic nitrogens is 7. The Balaban J connectivity index is 1.74. The highest BCUT2D eigenvalue weighted by Gasteiger charge is 2.24. The number of hydrogen-bond acceptors (Lipinski definition) is 8. The van der Waals surface area contributed by atoms with Crippen LogP contribution in [0.5, 0.6) is 11.8 Å². The number of aliphatic hydroxyl groups excluding tert-OH is 1. The highest BCUT2D eigenvalue weighted by Crippen LogP contribution is 2.34. The van der Waals surface area contributed by atoms with Gasteiger partial charge in [0, 0.05) is 25.5 Å². The predicted octanol–water partition coefficient (Wildman–Crippen LogP) is 3.28. The molecule has 11 nitrogen and oxygen atoms in total. The molecule has 11 heteroatoms. The average Bonchev–Trinajstić information content (AvgIpc) is 3.57. The Labute approximate surface area is 222 Å². The van der Waals surface area contributed by atoms with Gasteiger partial charge in [-0.2, -0.15) is 10.2 Å². The summed E-state index contributed by atoms with van der Waals surface area (Å²) in [5, 5.41) is 27.7. The molecule has 2 N–H and O–H groups in total. The number of ether oxygens (including phenoxy) is 2. The van der Waals surface area contributed by atoms with Crippen LogP contribution in [-0.4, -0.2) is 77.2 Å². The molecule has 0 aromatic carbocycles. The van der Waals surface area contributed by atoms with Gasteiger partial charge in [-0.1, -0.05) is 13.8 Å². The van der Waals surface area contributed by atoms with Gasteiger partial charge < -0.3 is 14.6 Å². The molecule has 1 aliphatic rings. The maximum atomic E-state index is 9.75. The maximum Gasteiger partial charge on any atom is 0.240 e. The van der Waals surface area contributed by atoms with Crippen molar-refractivity contribution in [3.63, 3.8) is 0 Å². The minimum atomic E-state index is -0.118. The zero-order chi connectivity index (χ0) is 26.8. The molecule has 5 heterocycles. The first-order valence-electron chi connectivity index (χ1n) is 13.3. The second kappa shape index (κ2) is 11.0. The number of fused-ring (bicyclic) bond motifs is 4. The number of likely N-dealkylation sites (N-methyl/N-ethyl adjacent to an activating group) is 1. The van der Waals surface area contributed by atoms with Crippen molar-refractivity contribution >= 4 is 23.1 Å². The Hall–Kier alpha value is -3.70. The third kappa shape index (κ3) is 4.79. The van der Waals surface area contributed by atoms with Crippen molar-refractivity contribution in [3.05, 3.63) is 34.9 Å². The summed E-state index contributed by atoms with van der Waals surface area (Å²) in [6, 6.07) is 2.05. The summed E-state index contributed by atoms with van der Waals surface area (Å²) in [4.78, 5) is 7.25. The number of H-pyrrole nitrogens is 1. The third-order valence-corrected chi connectivity index (χ3v) is 6.86. The van der Waals surface area contributed by atoms with Crippen molar-refractivity contribution in [1.29, 1.82) is 0 Å². The smallest absolute Gasteiger partial charge is 0.240 e. The second-order valence-electron chi connectivity index (χ2n) is 9.46. The van der Waals surface area contributed by atoms with Crippen LogP contribution in [0.1, 0.15) is 50.3 Å². The lowest BCUT2D eigenvalue weighted by molar-refractivity contribution is 0.133. The van der Waals surface area contributed by atoms with Crippen LogP contribution in [0.15, 0.2) is 12.3 Å². The van der Waals surface area contributed by atoms with Crippen LogP contribution in [0.4, 0.5) is 0 Å². The highest BCUT2D eigenvalue weighted by atomic mass is 16.5. The van der Waals surface area contributed by atoms with E-state index in [4.69, 9.17) is 19.6 Å². The normalized spacial score (nSPS) is 17.1. The molecule has 0 radical (unpaired) electrons. The number of rotatable bonds is 6. The van der Waals surface area contributed by atoms with Gasteiger partial charge in [0.15, 0.2) is 0 Å². The minimum Gasteiger partial charge on any atom is -0.476 e. The van der Waals surface area contributed by atoms with Crippen LogP contribution in [0.2, 0.25) is 0 Å². The van der Waals surface area contributed by atoms with Crippen LogP contribution in [0.25, 0.3) is 34.3 Å². The highest BCUT2D eigenvalue weighted by molar-refractivity contribution is 5.93. The summed E-state index contributed by atoms with van der Waals surface area (Å²) in [6.07, 6.45) is 6.48. The summed E-state index contributed by atoms with van der Waals surface area (Å²) in [7, 11) is 1.89. The van der Waals surface area contributed by atoms with E-state index in [2.05, 4.69) is 41.0 Å². The van der Waals surface area contributed by atoms with Crippen LogP contribution < -0.4 is 9.47 Å². The van der Waals surface area contributed by atoms with E-state index in [1.54, 1.807) is 4.68 Å². The lowest BCUT2D eigenvalue weighted by Gasteiger charge is -2.25. The zero-order valence-corrected chi connectivity index (χ0v) is 22.7. The Morgan fingerprint density at radius 1 is 1.24 bits per heavy atom. The van der Waals surface area contributed by atoms with E-state index >= 15 is 0 Å². The first-order chi connectivity index (χ1) is 18.5. The van der Waals surface area contributed by atoms with Gasteiger partial charge in [0.1, 0.15) is 11.6 Å². The summed E-state index contributed by atoms with van der Waals surface area (Å²) in [5.74, 6) is 1.23. The molecule has 5 rings (SSSR count). The van der Waals surface area contributed by atoms with Gasteiger partial charge in [0.25, 0.3) is 0 Å². The SMILES string of the molecule is CCOc1nn(CCO)c2c1/C=C/c1[nH]nc3c(CC)nc(cc13)-c1cnn(C)c1OC(C)CN(CC)C2. The van der Waals surface area contributed by atoms with Crippen molar-refractivity contribution in [1.82, 2.24) is 39.6 Å². The number of nitrogens with one attached hydrogen (secondary N) is 1. The van der Waals surface area contributed by atoms with Gasteiger partial charge in [0.2, 0.25) is 11.8 Å². The molecule has 4 aromatic rings. The molecule has 1 atom stereocenters. The molecule has 0 saturated heterocycles. The molecule has 0 amide bonds.